The molecule has 7 heteroatoms. The number of nitrogens with zero attached hydrogens (tertiary/aromatic N) is 1. The van der Waals surface area contributed by atoms with Crippen molar-refractivity contribution in [2.75, 3.05) is 19.8 Å². The second-order valence-electron chi connectivity index (χ2n) is 5.81. The molecule has 7 nitrogen and oxygen atoms in total. The Morgan fingerprint density at radius 2 is 2.12 bits per heavy atom. The number of aromatic nitrogens is 1. The lowest BCUT2D eigenvalue weighted by atomic mass is 10.2. The van der Waals surface area contributed by atoms with Crippen LogP contribution in [0.3, 0.4) is 0 Å². The number of amides is 1. The summed E-state index contributed by atoms with van der Waals surface area (Å²) in [5.74, 6) is -0.361. The van der Waals surface area contributed by atoms with Crippen LogP contribution in [0.15, 0.2) is 34.7 Å². The first-order chi connectivity index (χ1) is 12.1. The Morgan fingerprint density at radius 1 is 1.32 bits per heavy atom. The van der Waals surface area contributed by atoms with Crippen LogP contribution in [0.2, 0.25) is 0 Å². The van der Waals surface area contributed by atoms with Crippen molar-refractivity contribution in [1.82, 2.24) is 10.3 Å². The van der Waals surface area contributed by atoms with Gasteiger partial charge in [0.25, 0.3) is 5.91 Å². The largest absolute Gasteiger partial charge is 0.451 e. The van der Waals surface area contributed by atoms with Gasteiger partial charge in [0.15, 0.2) is 12.3 Å². The lowest BCUT2D eigenvalue weighted by Gasteiger charge is -2.10. The van der Waals surface area contributed by atoms with Gasteiger partial charge in [0.1, 0.15) is 5.76 Å². The Bertz CT molecular complexity index is 735. The van der Waals surface area contributed by atoms with E-state index < -0.39 is 5.97 Å². The second-order valence-corrected chi connectivity index (χ2v) is 5.81. The van der Waals surface area contributed by atoms with Crippen molar-refractivity contribution in [1.29, 1.82) is 0 Å². The molecule has 0 unspecified atom stereocenters. The van der Waals surface area contributed by atoms with Crippen LogP contribution in [0, 0.1) is 6.92 Å². The molecule has 2 heterocycles. The summed E-state index contributed by atoms with van der Waals surface area (Å²) in [5, 5.41) is 2.69. The highest BCUT2D eigenvalue weighted by Gasteiger charge is 2.21. The molecule has 0 bridgehead atoms. The number of carbonyl (C=O) groups is 2. The number of oxazole rings is 1. The minimum atomic E-state index is -0.685. The van der Waals surface area contributed by atoms with Gasteiger partial charge in [-0.2, -0.15) is 0 Å². The fourth-order valence-corrected chi connectivity index (χ4v) is 2.57. The maximum Gasteiger partial charge on any atom is 0.361 e. The number of rotatable bonds is 6. The highest BCUT2D eigenvalue weighted by atomic mass is 16.5. The van der Waals surface area contributed by atoms with Gasteiger partial charge < -0.3 is 19.2 Å². The third-order valence-electron chi connectivity index (χ3n) is 3.90. The average Bonchev–Trinajstić information content (AvgIpc) is 3.28. The molecule has 1 aliphatic rings. The molecule has 3 rings (SSSR count). The van der Waals surface area contributed by atoms with E-state index in [0.29, 0.717) is 18.2 Å². The number of nitrogens with one attached hydrogen (secondary N) is 1. The molecular weight excluding hydrogens is 324 g/mol. The normalized spacial score (nSPS) is 16.6. The van der Waals surface area contributed by atoms with Gasteiger partial charge in [-0.05, 0) is 31.9 Å². The summed E-state index contributed by atoms with van der Waals surface area (Å²) in [6, 6.07) is 9.25. The van der Waals surface area contributed by atoms with Crippen molar-refractivity contribution >= 4 is 11.9 Å². The van der Waals surface area contributed by atoms with E-state index in [4.69, 9.17) is 13.9 Å². The molecule has 1 saturated heterocycles. The molecule has 1 aromatic heterocycles. The Hall–Kier alpha value is -2.67. The molecule has 1 aliphatic heterocycles. The lowest BCUT2D eigenvalue weighted by Crippen LogP contribution is -2.34. The van der Waals surface area contributed by atoms with Crippen molar-refractivity contribution in [3.63, 3.8) is 0 Å². The maximum atomic E-state index is 12.1. The summed E-state index contributed by atoms with van der Waals surface area (Å²) in [5.41, 5.74) is 0.838. The van der Waals surface area contributed by atoms with Crippen LogP contribution in [0.1, 0.15) is 29.1 Å². The third kappa shape index (κ3) is 4.45. The fourth-order valence-electron chi connectivity index (χ4n) is 2.57. The highest BCUT2D eigenvalue weighted by molar-refractivity contribution is 5.90. The predicted molar refractivity (Wildman–Crippen MR) is 88.9 cm³/mol. The quantitative estimate of drug-likeness (QED) is 0.807. The van der Waals surface area contributed by atoms with Crippen molar-refractivity contribution in [2.24, 2.45) is 0 Å². The minimum absolute atomic E-state index is 0.0471. The van der Waals surface area contributed by atoms with E-state index in [-0.39, 0.29) is 24.3 Å². The van der Waals surface area contributed by atoms with Gasteiger partial charge in [-0.3, -0.25) is 4.79 Å². The van der Waals surface area contributed by atoms with Crippen LogP contribution in [0.5, 0.6) is 0 Å². The molecule has 1 N–H and O–H groups in total. The summed E-state index contributed by atoms with van der Waals surface area (Å²) >= 11 is 0. The zero-order valence-corrected chi connectivity index (χ0v) is 14.0. The number of aryl methyl sites for hydroxylation is 1. The second kappa shape index (κ2) is 7.94. The molecule has 0 saturated carbocycles. The third-order valence-corrected chi connectivity index (χ3v) is 3.90. The van der Waals surface area contributed by atoms with Gasteiger partial charge >= 0.3 is 5.97 Å². The lowest BCUT2D eigenvalue weighted by molar-refractivity contribution is -0.124. The number of hydrogen-bond acceptors (Lipinski definition) is 6. The van der Waals surface area contributed by atoms with E-state index in [9.17, 15) is 9.59 Å². The summed E-state index contributed by atoms with van der Waals surface area (Å²) in [6.45, 7) is 2.42. The standard InChI is InChI=1S/C18H20N2O5/c1-12-16(20-17(25-12)13-6-3-2-4-7-13)18(22)24-11-15(21)19-10-14-8-5-9-23-14/h2-4,6-7,14H,5,8-11H2,1H3,(H,19,21)/t14-/m1/s1. The number of esters is 1. The van der Waals surface area contributed by atoms with Crippen molar-refractivity contribution in [3.8, 4) is 11.5 Å². The molecular formula is C18H20N2O5. The van der Waals surface area contributed by atoms with Crippen molar-refractivity contribution in [2.45, 2.75) is 25.9 Å². The van der Waals surface area contributed by atoms with Crippen LogP contribution in [0.4, 0.5) is 0 Å². The first-order valence-corrected chi connectivity index (χ1v) is 8.22. The van der Waals surface area contributed by atoms with Crippen LogP contribution in [0.25, 0.3) is 11.5 Å². The highest BCUT2D eigenvalue weighted by Crippen LogP contribution is 2.21. The van der Waals surface area contributed by atoms with Gasteiger partial charge in [0.05, 0.1) is 6.10 Å². The van der Waals surface area contributed by atoms with Gasteiger partial charge in [0.2, 0.25) is 5.89 Å². The van der Waals surface area contributed by atoms with E-state index in [1.54, 1.807) is 6.92 Å². The number of carbonyl (C=O) groups excluding carboxylic acids is 2. The van der Waals surface area contributed by atoms with E-state index in [1.807, 2.05) is 30.3 Å². The van der Waals surface area contributed by atoms with Crippen LogP contribution >= 0.6 is 0 Å². The number of hydrogen-bond donors (Lipinski definition) is 1. The SMILES string of the molecule is Cc1oc(-c2ccccc2)nc1C(=O)OCC(=O)NC[C@H]1CCCO1. The fraction of sp³-hybridized carbons (Fsp3) is 0.389. The molecule has 2 aromatic rings. The molecule has 1 atom stereocenters. The van der Waals surface area contributed by atoms with E-state index in [1.165, 1.54) is 0 Å². The summed E-state index contributed by atoms with van der Waals surface area (Å²) in [6.07, 6.45) is 1.98. The van der Waals surface area contributed by atoms with E-state index in [2.05, 4.69) is 10.3 Å². The average molecular weight is 344 g/mol. The molecule has 1 amide bonds. The summed E-state index contributed by atoms with van der Waals surface area (Å²) in [4.78, 5) is 28.1. The summed E-state index contributed by atoms with van der Waals surface area (Å²) < 4.78 is 15.9. The Morgan fingerprint density at radius 3 is 2.84 bits per heavy atom. The molecule has 25 heavy (non-hydrogen) atoms. The monoisotopic (exact) mass is 344 g/mol. The number of ether oxygens (including phenoxy) is 2. The molecule has 1 fully saturated rings. The minimum Gasteiger partial charge on any atom is -0.451 e. The van der Waals surface area contributed by atoms with Gasteiger partial charge in [-0.15, -0.1) is 0 Å². The molecule has 0 radical (unpaired) electrons. The van der Waals surface area contributed by atoms with Crippen molar-refractivity contribution < 1.29 is 23.5 Å². The number of benzene rings is 1. The molecule has 1 aromatic carbocycles. The first-order valence-electron chi connectivity index (χ1n) is 8.22. The van der Waals surface area contributed by atoms with Crippen LogP contribution in [-0.4, -0.2) is 42.7 Å². The molecule has 0 spiro atoms. The molecule has 132 valence electrons. The van der Waals surface area contributed by atoms with E-state index in [0.717, 1.165) is 25.0 Å². The van der Waals surface area contributed by atoms with Crippen LogP contribution in [-0.2, 0) is 14.3 Å². The summed E-state index contributed by atoms with van der Waals surface area (Å²) in [7, 11) is 0. The van der Waals surface area contributed by atoms with E-state index >= 15 is 0 Å². The Labute approximate surface area is 145 Å². The van der Waals surface area contributed by atoms with Crippen molar-refractivity contribution in [3.05, 3.63) is 41.8 Å². The smallest absolute Gasteiger partial charge is 0.361 e. The Kier molecular flexibility index (Phi) is 5.45. The molecule has 0 aliphatic carbocycles. The van der Waals surface area contributed by atoms with Gasteiger partial charge in [-0.1, -0.05) is 18.2 Å². The zero-order chi connectivity index (χ0) is 17.6. The maximum absolute atomic E-state index is 12.1. The van der Waals surface area contributed by atoms with Gasteiger partial charge in [0, 0.05) is 18.7 Å². The Balaban J connectivity index is 1.52. The zero-order valence-electron chi connectivity index (χ0n) is 14.0. The first kappa shape index (κ1) is 17.2. The van der Waals surface area contributed by atoms with Crippen LogP contribution < -0.4 is 5.32 Å². The van der Waals surface area contributed by atoms with Gasteiger partial charge in [-0.25, -0.2) is 9.78 Å². The topological polar surface area (TPSA) is 90.7 Å². The predicted octanol–water partition coefficient (Wildman–Crippen LogP) is 2.10.